The average Bonchev–Trinajstić information content (AvgIpc) is 3.29. The average molecular weight is 457 g/mol. The topological polar surface area (TPSA) is 112 Å². The van der Waals surface area contributed by atoms with Crippen molar-refractivity contribution in [3.05, 3.63) is 112 Å². The molecule has 9 nitrogen and oxygen atoms in total. The van der Waals surface area contributed by atoms with Gasteiger partial charge in [-0.1, -0.05) is 18.2 Å². The van der Waals surface area contributed by atoms with Crippen LogP contribution in [0, 0.1) is 10.1 Å². The number of ketones is 1. The quantitative estimate of drug-likeness (QED) is 0.220. The number of aryl methyl sites for hydroxylation is 1. The maximum atomic E-state index is 12.7. The van der Waals surface area contributed by atoms with E-state index in [1.807, 2.05) is 43.3 Å². The Bertz CT molecular complexity index is 1300. The lowest BCUT2D eigenvalue weighted by atomic mass is 10.1. The molecule has 0 spiro atoms. The predicted octanol–water partition coefficient (Wildman–Crippen LogP) is 4.71. The zero-order valence-corrected chi connectivity index (χ0v) is 18.7. The number of carbonyl (C=O) groups excluding carboxylic acids is 1. The highest BCUT2D eigenvalue weighted by atomic mass is 16.6. The van der Waals surface area contributed by atoms with Crippen molar-refractivity contribution in [3.63, 3.8) is 0 Å². The first-order valence-electron chi connectivity index (χ1n) is 10.6. The van der Waals surface area contributed by atoms with Crippen molar-refractivity contribution in [1.29, 1.82) is 0 Å². The van der Waals surface area contributed by atoms with Gasteiger partial charge in [-0.05, 0) is 42.8 Å². The number of imidazole rings is 1. The van der Waals surface area contributed by atoms with Crippen molar-refractivity contribution < 1.29 is 14.5 Å². The number of ether oxygens (including phenoxy) is 1. The zero-order chi connectivity index (χ0) is 24.1. The first-order valence-corrected chi connectivity index (χ1v) is 10.6. The minimum Gasteiger partial charge on any atom is -0.489 e. The molecule has 1 unspecified atom stereocenters. The van der Waals surface area contributed by atoms with Gasteiger partial charge < -0.3 is 14.6 Å². The first-order chi connectivity index (χ1) is 16.4. The Labute approximate surface area is 196 Å². The molecule has 172 valence electrons. The van der Waals surface area contributed by atoms with Crippen LogP contribution in [0.2, 0.25) is 0 Å². The molecule has 0 saturated heterocycles. The second-order valence-corrected chi connectivity index (χ2v) is 7.76. The highest BCUT2D eigenvalue weighted by Gasteiger charge is 2.21. The number of nitro groups is 1. The number of hydrogen-bond donors (Lipinski definition) is 1. The van der Waals surface area contributed by atoms with Crippen molar-refractivity contribution in [2.75, 3.05) is 5.32 Å². The molecule has 9 heteroatoms. The van der Waals surface area contributed by atoms with Gasteiger partial charge in [0.1, 0.15) is 18.0 Å². The summed E-state index contributed by atoms with van der Waals surface area (Å²) in [7, 11) is 1.70. The molecule has 0 aliphatic rings. The van der Waals surface area contributed by atoms with E-state index < -0.39 is 4.92 Å². The molecule has 0 aliphatic heterocycles. The normalized spacial score (nSPS) is 11.6. The van der Waals surface area contributed by atoms with Crippen LogP contribution in [0.4, 0.5) is 11.4 Å². The maximum Gasteiger partial charge on any atom is 0.293 e. The number of rotatable bonds is 9. The van der Waals surface area contributed by atoms with Gasteiger partial charge in [0.15, 0.2) is 5.82 Å². The van der Waals surface area contributed by atoms with Crippen LogP contribution >= 0.6 is 0 Å². The number of hydrogen-bond acceptors (Lipinski definition) is 7. The number of carbonyl (C=O) groups is 1. The van der Waals surface area contributed by atoms with Gasteiger partial charge in [0.2, 0.25) is 5.78 Å². The van der Waals surface area contributed by atoms with Gasteiger partial charge >= 0.3 is 0 Å². The zero-order valence-electron chi connectivity index (χ0n) is 18.7. The minimum absolute atomic E-state index is 0.177. The summed E-state index contributed by atoms with van der Waals surface area (Å²) in [6.45, 7) is 2.32. The lowest BCUT2D eigenvalue weighted by Crippen LogP contribution is -2.11. The maximum absolute atomic E-state index is 12.7. The fourth-order valence-electron chi connectivity index (χ4n) is 3.48. The highest BCUT2D eigenvalue weighted by Crippen LogP contribution is 2.30. The van der Waals surface area contributed by atoms with E-state index in [0.29, 0.717) is 18.0 Å². The molecule has 4 aromatic rings. The molecule has 2 aromatic heterocycles. The Morgan fingerprint density at radius 2 is 1.97 bits per heavy atom. The summed E-state index contributed by atoms with van der Waals surface area (Å²) in [6, 6.07) is 15.5. The molecule has 34 heavy (non-hydrogen) atoms. The minimum atomic E-state index is -0.500. The van der Waals surface area contributed by atoms with E-state index in [4.69, 9.17) is 4.74 Å². The van der Waals surface area contributed by atoms with Crippen molar-refractivity contribution in [1.82, 2.24) is 14.5 Å². The lowest BCUT2D eigenvalue weighted by Gasteiger charge is -2.17. The van der Waals surface area contributed by atoms with Crippen LogP contribution in [-0.4, -0.2) is 25.2 Å². The smallest absolute Gasteiger partial charge is 0.293 e. The van der Waals surface area contributed by atoms with Crippen molar-refractivity contribution >= 4 is 17.2 Å². The number of nitrogens with one attached hydrogen (secondary N) is 1. The Morgan fingerprint density at radius 3 is 2.62 bits per heavy atom. The second-order valence-electron chi connectivity index (χ2n) is 7.76. The number of nitrogens with zero attached hydrogens (tertiary/aromatic N) is 4. The van der Waals surface area contributed by atoms with E-state index in [-0.39, 0.29) is 28.9 Å². The Hall–Kier alpha value is -4.53. The monoisotopic (exact) mass is 457 g/mol. The van der Waals surface area contributed by atoms with E-state index >= 15 is 0 Å². The second kappa shape index (κ2) is 9.95. The Balaban J connectivity index is 1.46. The van der Waals surface area contributed by atoms with Gasteiger partial charge in [0.05, 0.1) is 4.92 Å². The van der Waals surface area contributed by atoms with Gasteiger partial charge in [-0.15, -0.1) is 0 Å². The molecule has 0 bridgehead atoms. The molecule has 2 aromatic carbocycles. The van der Waals surface area contributed by atoms with Crippen molar-refractivity contribution in [3.8, 4) is 5.75 Å². The van der Waals surface area contributed by atoms with Crippen molar-refractivity contribution in [2.45, 2.75) is 19.6 Å². The van der Waals surface area contributed by atoms with Crippen LogP contribution in [0.5, 0.6) is 5.75 Å². The van der Waals surface area contributed by atoms with E-state index in [1.165, 1.54) is 12.3 Å². The summed E-state index contributed by atoms with van der Waals surface area (Å²) in [5, 5.41) is 14.9. The molecule has 0 aliphatic carbocycles. The van der Waals surface area contributed by atoms with Crippen LogP contribution in [-0.2, 0) is 13.7 Å². The van der Waals surface area contributed by atoms with Gasteiger partial charge in [-0.2, -0.15) is 0 Å². The molecule has 0 radical (unpaired) electrons. The molecular weight excluding hydrogens is 434 g/mol. The van der Waals surface area contributed by atoms with E-state index in [1.54, 1.807) is 42.3 Å². The number of anilines is 1. The summed E-state index contributed by atoms with van der Waals surface area (Å²) < 4.78 is 7.36. The van der Waals surface area contributed by atoms with E-state index in [2.05, 4.69) is 15.3 Å². The fraction of sp³-hybridized carbons (Fsp3) is 0.160. The molecular formula is C25H23N5O4. The van der Waals surface area contributed by atoms with Gasteiger partial charge in [-0.3, -0.25) is 19.9 Å². The summed E-state index contributed by atoms with van der Waals surface area (Å²) in [4.78, 5) is 32.0. The molecule has 0 amide bonds. The highest BCUT2D eigenvalue weighted by molar-refractivity contribution is 6.07. The van der Waals surface area contributed by atoms with Crippen LogP contribution in [0.15, 0.2) is 79.4 Å². The van der Waals surface area contributed by atoms with Crippen LogP contribution in [0.25, 0.3) is 0 Å². The summed E-state index contributed by atoms with van der Waals surface area (Å²) in [5.74, 6) is 0.550. The van der Waals surface area contributed by atoms with Gasteiger partial charge in [0, 0.05) is 55.1 Å². The van der Waals surface area contributed by atoms with Crippen LogP contribution in [0.1, 0.15) is 40.3 Å². The molecule has 0 fully saturated rings. The summed E-state index contributed by atoms with van der Waals surface area (Å²) in [5.41, 5.74) is 2.25. The Morgan fingerprint density at radius 1 is 1.18 bits per heavy atom. The third-order valence-electron chi connectivity index (χ3n) is 5.36. The number of benzene rings is 2. The van der Waals surface area contributed by atoms with E-state index in [0.717, 1.165) is 11.1 Å². The van der Waals surface area contributed by atoms with Crippen LogP contribution in [0.3, 0.4) is 0 Å². The van der Waals surface area contributed by atoms with Gasteiger partial charge in [0.25, 0.3) is 5.69 Å². The summed E-state index contributed by atoms with van der Waals surface area (Å²) in [6.07, 6.45) is 6.62. The Kier molecular flexibility index (Phi) is 6.63. The summed E-state index contributed by atoms with van der Waals surface area (Å²) >= 11 is 0. The number of nitro benzene ring substituents is 1. The van der Waals surface area contributed by atoms with Crippen molar-refractivity contribution in [2.24, 2.45) is 7.05 Å². The lowest BCUT2D eigenvalue weighted by molar-refractivity contribution is -0.384. The predicted molar refractivity (Wildman–Crippen MR) is 127 cm³/mol. The third kappa shape index (κ3) is 5.09. The fourth-order valence-corrected chi connectivity index (χ4v) is 3.48. The molecule has 2 heterocycles. The standard InChI is InChI=1S/C25H23N5O4/c1-17(19-5-8-21(9-6-19)34-16-18-4-3-11-26-15-18)28-22-10-7-20(14-23(22)30(32)33)24(31)25-27-12-13-29(25)2/h3-15,17,28H,16H2,1-2H3. The SMILES string of the molecule is CC(Nc1ccc(C(=O)c2nccn2C)cc1[N+](=O)[O-])c1ccc(OCc2cccnc2)cc1. The molecule has 0 saturated carbocycles. The number of aromatic nitrogens is 3. The van der Waals surface area contributed by atoms with Crippen LogP contribution < -0.4 is 10.1 Å². The number of pyridine rings is 1. The van der Waals surface area contributed by atoms with Gasteiger partial charge in [-0.25, -0.2) is 4.98 Å². The first kappa shape index (κ1) is 22.7. The third-order valence-corrected chi connectivity index (χ3v) is 5.36. The molecule has 1 N–H and O–H groups in total. The largest absolute Gasteiger partial charge is 0.489 e. The molecule has 1 atom stereocenters. The molecule has 4 rings (SSSR count). The van der Waals surface area contributed by atoms with E-state index in [9.17, 15) is 14.9 Å².